The zero-order valence-corrected chi connectivity index (χ0v) is 12.9. The summed E-state index contributed by atoms with van der Waals surface area (Å²) in [7, 11) is 2.03. The second-order valence-corrected chi connectivity index (χ2v) is 5.79. The summed E-state index contributed by atoms with van der Waals surface area (Å²) >= 11 is 9.59. The van der Waals surface area contributed by atoms with Gasteiger partial charge < -0.3 is 5.73 Å². The van der Waals surface area contributed by atoms with Gasteiger partial charge in [0.1, 0.15) is 5.82 Å². The Morgan fingerprint density at radius 3 is 2.79 bits per heavy atom. The van der Waals surface area contributed by atoms with E-state index < -0.39 is 0 Å². The number of aromatic nitrogens is 1. The Bertz CT molecular complexity index is 574. The van der Waals surface area contributed by atoms with Crippen molar-refractivity contribution in [2.24, 2.45) is 0 Å². The van der Waals surface area contributed by atoms with E-state index in [0.29, 0.717) is 17.4 Å². The minimum Gasteiger partial charge on any atom is -0.384 e. The van der Waals surface area contributed by atoms with Gasteiger partial charge in [-0.2, -0.15) is 0 Å². The van der Waals surface area contributed by atoms with Crippen molar-refractivity contribution < 1.29 is 0 Å². The summed E-state index contributed by atoms with van der Waals surface area (Å²) in [6, 6.07) is 11.7. The highest BCUT2D eigenvalue weighted by Crippen LogP contribution is 2.18. The molecule has 2 N–H and O–H groups in total. The Morgan fingerprint density at radius 1 is 1.26 bits per heavy atom. The van der Waals surface area contributed by atoms with Crippen molar-refractivity contribution in [2.45, 2.75) is 13.1 Å². The van der Waals surface area contributed by atoms with E-state index in [1.165, 1.54) is 5.56 Å². The fourth-order valence-corrected chi connectivity index (χ4v) is 2.48. The summed E-state index contributed by atoms with van der Waals surface area (Å²) in [6.07, 6.45) is 0. The van der Waals surface area contributed by atoms with Crippen LogP contribution in [0.15, 0.2) is 40.9 Å². The number of hydrogen-bond acceptors (Lipinski definition) is 3. The molecule has 3 nitrogen and oxygen atoms in total. The maximum atomic E-state index is 6.12. The second-order valence-electron chi connectivity index (χ2n) is 4.47. The molecular formula is C14H15BrClN3. The molecule has 0 bridgehead atoms. The van der Waals surface area contributed by atoms with Crippen molar-refractivity contribution in [3.05, 3.63) is 57.2 Å². The van der Waals surface area contributed by atoms with Crippen LogP contribution in [0.2, 0.25) is 5.02 Å². The summed E-state index contributed by atoms with van der Waals surface area (Å²) in [5.41, 5.74) is 7.72. The Labute approximate surface area is 126 Å². The smallest absolute Gasteiger partial charge is 0.123 e. The third-order valence-corrected chi connectivity index (χ3v) is 3.54. The molecule has 0 saturated carbocycles. The van der Waals surface area contributed by atoms with Gasteiger partial charge in [0, 0.05) is 17.6 Å². The van der Waals surface area contributed by atoms with Crippen LogP contribution in [0.3, 0.4) is 0 Å². The average Bonchev–Trinajstić information content (AvgIpc) is 2.34. The largest absolute Gasteiger partial charge is 0.384 e. The minimum absolute atomic E-state index is 0.496. The van der Waals surface area contributed by atoms with Crippen molar-refractivity contribution in [3.63, 3.8) is 0 Å². The SMILES string of the molecule is CN(Cc1cccc(Br)c1)Cc1nc(N)ccc1Cl. The maximum Gasteiger partial charge on any atom is 0.123 e. The molecule has 0 fully saturated rings. The summed E-state index contributed by atoms with van der Waals surface area (Å²) in [4.78, 5) is 6.42. The predicted octanol–water partition coefficient (Wildman–Crippen LogP) is 3.71. The quantitative estimate of drug-likeness (QED) is 0.922. The number of halogens is 2. The number of nitrogens with two attached hydrogens (primary N) is 1. The lowest BCUT2D eigenvalue weighted by molar-refractivity contribution is 0.315. The second kappa shape index (κ2) is 6.37. The normalized spacial score (nSPS) is 10.9. The monoisotopic (exact) mass is 339 g/mol. The lowest BCUT2D eigenvalue weighted by atomic mass is 10.2. The molecule has 100 valence electrons. The van der Waals surface area contributed by atoms with E-state index in [2.05, 4.69) is 37.9 Å². The number of rotatable bonds is 4. The molecular weight excluding hydrogens is 326 g/mol. The van der Waals surface area contributed by atoms with Crippen LogP contribution in [0.4, 0.5) is 5.82 Å². The van der Waals surface area contributed by atoms with Crippen molar-refractivity contribution in [2.75, 3.05) is 12.8 Å². The van der Waals surface area contributed by atoms with Crippen molar-refractivity contribution in [3.8, 4) is 0 Å². The molecule has 1 aromatic heterocycles. The highest BCUT2D eigenvalue weighted by atomic mass is 79.9. The predicted molar refractivity (Wildman–Crippen MR) is 83.0 cm³/mol. The number of pyridine rings is 1. The molecule has 0 aliphatic heterocycles. The first-order chi connectivity index (χ1) is 9.04. The Hall–Kier alpha value is -1.10. The Balaban J connectivity index is 2.05. The molecule has 0 atom stereocenters. The van der Waals surface area contributed by atoms with Gasteiger partial charge >= 0.3 is 0 Å². The van der Waals surface area contributed by atoms with Gasteiger partial charge in [-0.15, -0.1) is 0 Å². The molecule has 0 spiro atoms. The molecule has 1 aromatic carbocycles. The van der Waals surface area contributed by atoms with Crippen LogP contribution in [-0.4, -0.2) is 16.9 Å². The highest BCUT2D eigenvalue weighted by Gasteiger charge is 2.07. The molecule has 19 heavy (non-hydrogen) atoms. The van der Waals surface area contributed by atoms with E-state index in [0.717, 1.165) is 16.7 Å². The minimum atomic E-state index is 0.496. The lowest BCUT2D eigenvalue weighted by Crippen LogP contribution is -2.18. The average molecular weight is 341 g/mol. The van der Waals surface area contributed by atoms with Crippen LogP contribution < -0.4 is 5.73 Å². The van der Waals surface area contributed by atoms with Crippen molar-refractivity contribution in [1.29, 1.82) is 0 Å². The third kappa shape index (κ3) is 4.20. The molecule has 1 heterocycles. The van der Waals surface area contributed by atoms with E-state index in [4.69, 9.17) is 17.3 Å². The Kier molecular flexibility index (Phi) is 4.80. The summed E-state index contributed by atoms with van der Waals surface area (Å²) in [6.45, 7) is 1.49. The van der Waals surface area contributed by atoms with E-state index in [9.17, 15) is 0 Å². The first-order valence-corrected chi connectivity index (χ1v) is 7.05. The topological polar surface area (TPSA) is 42.2 Å². The van der Waals surface area contributed by atoms with Gasteiger partial charge in [-0.25, -0.2) is 4.98 Å². The van der Waals surface area contributed by atoms with Gasteiger partial charge in [0.15, 0.2) is 0 Å². The molecule has 0 radical (unpaired) electrons. The zero-order valence-electron chi connectivity index (χ0n) is 10.6. The molecule has 0 aliphatic rings. The molecule has 5 heteroatoms. The van der Waals surface area contributed by atoms with E-state index >= 15 is 0 Å². The van der Waals surface area contributed by atoms with Gasteiger partial charge in [-0.05, 0) is 36.9 Å². The highest BCUT2D eigenvalue weighted by molar-refractivity contribution is 9.10. The summed E-state index contributed by atoms with van der Waals surface area (Å²) in [5, 5.41) is 0.648. The van der Waals surface area contributed by atoms with Crippen molar-refractivity contribution >= 4 is 33.3 Å². The summed E-state index contributed by atoms with van der Waals surface area (Å²) in [5.74, 6) is 0.496. The standard InChI is InChI=1S/C14H15BrClN3/c1-19(8-10-3-2-4-11(15)7-10)9-13-12(16)5-6-14(17)18-13/h2-7H,8-9H2,1H3,(H2,17,18). The van der Waals surface area contributed by atoms with E-state index in [-0.39, 0.29) is 0 Å². The molecule has 0 aliphatic carbocycles. The summed E-state index contributed by atoms with van der Waals surface area (Å²) < 4.78 is 1.08. The van der Waals surface area contributed by atoms with Crippen LogP contribution in [0.5, 0.6) is 0 Å². The Morgan fingerprint density at radius 2 is 2.05 bits per heavy atom. The fourth-order valence-electron chi connectivity index (χ4n) is 1.87. The number of nitrogen functional groups attached to an aromatic ring is 1. The maximum absolute atomic E-state index is 6.12. The van der Waals surface area contributed by atoms with Gasteiger partial charge in [0.25, 0.3) is 0 Å². The van der Waals surface area contributed by atoms with Gasteiger partial charge in [0.2, 0.25) is 0 Å². The fraction of sp³-hybridized carbons (Fsp3) is 0.214. The molecule has 0 amide bonds. The number of hydrogen-bond donors (Lipinski definition) is 1. The molecule has 2 rings (SSSR count). The van der Waals surface area contributed by atoms with Crippen LogP contribution >= 0.6 is 27.5 Å². The van der Waals surface area contributed by atoms with Crippen LogP contribution in [-0.2, 0) is 13.1 Å². The lowest BCUT2D eigenvalue weighted by Gasteiger charge is -2.17. The molecule has 0 saturated heterocycles. The van der Waals surface area contributed by atoms with E-state index in [1.807, 2.05) is 19.2 Å². The van der Waals surface area contributed by atoms with Crippen molar-refractivity contribution in [1.82, 2.24) is 9.88 Å². The first-order valence-electron chi connectivity index (χ1n) is 5.88. The van der Waals surface area contributed by atoms with Crippen LogP contribution in [0, 0.1) is 0 Å². The number of benzene rings is 1. The molecule has 0 unspecified atom stereocenters. The van der Waals surface area contributed by atoms with Crippen LogP contribution in [0.1, 0.15) is 11.3 Å². The van der Waals surface area contributed by atoms with Gasteiger partial charge in [0.05, 0.1) is 10.7 Å². The zero-order chi connectivity index (χ0) is 13.8. The van der Waals surface area contributed by atoms with E-state index in [1.54, 1.807) is 12.1 Å². The number of nitrogens with zero attached hydrogens (tertiary/aromatic N) is 2. The first kappa shape index (κ1) is 14.3. The number of anilines is 1. The van der Waals surface area contributed by atoms with Gasteiger partial charge in [-0.3, -0.25) is 4.90 Å². The van der Waals surface area contributed by atoms with Crippen LogP contribution in [0.25, 0.3) is 0 Å². The van der Waals surface area contributed by atoms with Gasteiger partial charge in [-0.1, -0.05) is 39.7 Å². The third-order valence-electron chi connectivity index (χ3n) is 2.70. The molecule has 2 aromatic rings.